The van der Waals surface area contributed by atoms with Gasteiger partial charge in [-0.1, -0.05) is 23.5 Å². The summed E-state index contributed by atoms with van der Waals surface area (Å²) in [6, 6.07) is 8.07. The third kappa shape index (κ3) is 4.64. The van der Waals surface area contributed by atoms with Crippen LogP contribution in [0.4, 0.5) is 11.4 Å². The number of thiazole rings is 1. The maximum atomic E-state index is 12.8. The second-order valence-electron chi connectivity index (χ2n) is 6.37. The van der Waals surface area contributed by atoms with Crippen LogP contribution in [-0.2, 0) is 16.1 Å². The van der Waals surface area contributed by atoms with Crippen molar-refractivity contribution in [3.8, 4) is 0 Å². The van der Waals surface area contributed by atoms with Crippen molar-refractivity contribution < 1.29 is 24.2 Å². The van der Waals surface area contributed by atoms with Gasteiger partial charge in [0.2, 0.25) is 0 Å². The number of aryl methyl sites for hydroxylation is 1. The molecule has 31 heavy (non-hydrogen) atoms. The van der Waals surface area contributed by atoms with Crippen molar-refractivity contribution in [2.45, 2.75) is 20.4 Å². The SMILES string of the molecule is CCOC(=O)Cn1c(=NC(=O)c2cc([N+](=O)[O-])cc([N+](=O)[O-])c2)sc2cccc(C)c21. The van der Waals surface area contributed by atoms with Gasteiger partial charge in [0.25, 0.3) is 17.3 Å². The van der Waals surface area contributed by atoms with Gasteiger partial charge in [0.05, 0.1) is 38.3 Å². The van der Waals surface area contributed by atoms with Crippen LogP contribution in [-0.4, -0.2) is 32.9 Å². The summed E-state index contributed by atoms with van der Waals surface area (Å²) in [5, 5.41) is 22.2. The number of non-ortho nitro benzene ring substituents is 2. The molecule has 0 spiro atoms. The lowest BCUT2D eigenvalue weighted by Crippen LogP contribution is -2.23. The van der Waals surface area contributed by atoms with E-state index in [9.17, 15) is 29.8 Å². The molecule has 0 saturated heterocycles. The Balaban J connectivity index is 2.17. The van der Waals surface area contributed by atoms with Crippen LogP contribution >= 0.6 is 11.3 Å². The summed E-state index contributed by atoms with van der Waals surface area (Å²) in [6.07, 6.45) is 0. The number of aromatic nitrogens is 1. The van der Waals surface area contributed by atoms with E-state index in [0.717, 1.165) is 39.8 Å². The highest BCUT2D eigenvalue weighted by atomic mass is 32.1. The molecule has 0 N–H and O–H groups in total. The summed E-state index contributed by atoms with van der Waals surface area (Å²) in [5.74, 6) is -1.43. The Kier molecular flexibility index (Phi) is 6.20. The number of rotatable bonds is 6. The lowest BCUT2D eigenvalue weighted by molar-refractivity contribution is -0.394. The second-order valence-corrected chi connectivity index (χ2v) is 7.38. The van der Waals surface area contributed by atoms with E-state index in [4.69, 9.17) is 4.74 Å². The molecule has 11 nitrogen and oxygen atoms in total. The fourth-order valence-corrected chi connectivity index (χ4v) is 4.06. The smallest absolute Gasteiger partial charge is 0.326 e. The Morgan fingerprint density at radius 3 is 2.35 bits per heavy atom. The van der Waals surface area contributed by atoms with E-state index in [2.05, 4.69) is 4.99 Å². The molecule has 1 aromatic heterocycles. The van der Waals surface area contributed by atoms with E-state index in [1.807, 2.05) is 19.1 Å². The molecule has 1 heterocycles. The number of para-hydroxylation sites is 1. The average molecular weight is 444 g/mol. The molecule has 0 fully saturated rings. The van der Waals surface area contributed by atoms with Gasteiger partial charge in [-0.15, -0.1) is 0 Å². The molecule has 0 saturated carbocycles. The maximum Gasteiger partial charge on any atom is 0.326 e. The third-order valence-electron chi connectivity index (χ3n) is 4.26. The number of nitro groups is 2. The molecule has 160 valence electrons. The highest BCUT2D eigenvalue weighted by Crippen LogP contribution is 2.24. The van der Waals surface area contributed by atoms with E-state index in [1.54, 1.807) is 13.0 Å². The summed E-state index contributed by atoms with van der Waals surface area (Å²) in [7, 11) is 0. The maximum absolute atomic E-state index is 12.8. The molecule has 3 rings (SSSR count). The Morgan fingerprint density at radius 1 is 1.13 bits per heavy atom. The molecule has 0 unspecified atom stereocenters. The monoisotopic (exact) mass is 444 g/mol. The number of carbonyl (C=O) groups excluding carboxylic acids is 2. The first-order valence-corrected chi connectivity index (χ1v) is 9.80. The lowest BCUT2D eigenvalue weighted by atomic mass is 10.1. The number of nitro benzene ring substituents is 2. The van der Waals surface area contributed by atoms with Crippen LogP contribution < -0.4 is 4.80 Å². The minimum Gasteiger partial charge on any atom is -0.465 e. The first kappa shape index (κ1) is 21.8. The van der Waals surface area contributed by atoms with E-state index < -0.39 is 33.1 Å². The van der Waals surface area contributed by atoms with Crippen LogP contribution in [0.25, 0.3) is 10.2 Å². The third-order valence-corrected chi connectivity index (χ3v) is 5.31. The summed E-state index contributed by atoms with van der Waals surface area (Å²) >= 11 is 1.14. The zero-order valence-corrected chi connectivity index (χ0v) is 17.2. The number of nitrogens with zero attached hydrogens (tertiary/aromatic N) is 4. The molecule has 0 aliphatic carbocycles. The fraction of sp³-hybridized carbons (Fsp3) is 0.211. The molecule has 0 bridgehead atoms. The molecule has 0 aliphatic heterocycles. The number of benzene rings is 2. The van der Waals surface area contributed by atoms with Crippen molar-refractivity contribution in [3.63, 3.8) is 0 Å². The minimum atomic E-state index is -0.909. The average Bonchev–Trinajstić information content (AvgIpc) is 3.05. The van der Waals surface area contributed by atoms with E-state index in [1.165, 1.54) is 4.57 Å². The number of fused-ring (bicyclic) bond motifs is 1. The van der Waals surface area contributed by atoms with Crippen molar-refractivity contribution in [2.24, 2.45) is 4.99 Å². The zero-order chi connectivity index (χ0) is 22.7. The highest BCUT2D eigenvalue weighted by Gasteiger charge is 2.20. The van der Waals surface area contributed by atoms with Crippen LogP contribution in [0.2, 0.25) is 0 Å². The fourth-order valence-electron chi connectivity index (χ4n) is 2.96. The molecular formula is C19H16N4O7S. The molecule has 2 aromatic carbocycles. The Labute approximate surface area is 178 Å². The van der Waals surface area contributed by atoms with Crippen molar-refractivity contribution in [1.29, 1.82) is 0 Å². The molecule has 12 heteroatoms. The quantitative estimate of drug-likeness (QED) is 0.322. The number of amides is 1. The highest BCUT2D eigenvalue weighted by molar-refractivity contribution is 7.16. The lowest BCUT2D eigenvalue weighted by Gasteiger charge is -2.06. The van der Waals surface area contributed by atoms with E-state index in [-0.39, 0.29) is 23.5 Å². The number of esters is 1. The van der Waals surface area contributed by atoms with Gasteiger partial charge in [-0.2, -0.15) is 4.99 Å². The van der Waals surface area contributed by atoms with Crippen LogP contribution in [0.3, 0.4) is 0 Å². The standard InChI is InChI=1S/C19H16N4O7S/c1-3-30-16(24)10-21-17-11(2)5-4-6-15(17)31-19(21)20-18(25)12-7-13(22(26)27)9-14(8-12)23(28)29/h4-9H,3,10H2,1-2H3. The molecule has 0 atom stereocenters. The molecular weight excluding hydrogens is 428 g/mol. The molecule has 1 amide bonds. The molecule has 0 radical (unpaired) electrons. The van der Waals surface area contributed by atoms with E-state index >= 15 is 0 Å². The topological polar surface area (TPSA) is 147 Å². The summed E-state index contributed by atoms with van der Waals surface area (Å²) < 4.78 is 7.29. The van der Waals surface area contributed by atoms with Crippen molar-refractivity contribution in [3.05, 3.63) is 72.6 Å². The van der Waals surface area contributed by atoms with Gasteiger partial charge in [-0.05, 0) is 25.5 Å². The van der Waals surface area contributed by atoms with Crippen LogP contribution in [0, 0.1) is 27.2 Å². The predicted octanol–water partition coefficient (Wildman–Crippen LogP) is 3.13. The van der Waals surface area contributed by atoms with Crippen molar-refractivity contribution in [2.75, 3.05) is 6.61 Å². The number of carbonyl (C=O) groups is 2. The first-order valence-electron chi connectivity index (χ1n) is 8.98. The van der Waals surface area contributed by atoms with Crippen molar-refractivity contribution >= 4 is 44.8 Å². The molecule has 3 aromatic rings. The normalized spacial score (nSPS) is 11.5. The van der Waals surface area contributed by atoms with Gasteiger partial charge in [-0.25, -0.2) is 0 Å². The van der Waals surface area contributed by atoms with Gasteiger partial charge in [0.1, 0.15) is 6.54 Å². The zero-order valence-electron chi connectivity index (χ0n) is 16.4. The van der Waals surface area contributed by atoms with Crippen LogP contribution in [0.5, 0.6) is 0 Å². The number of hydrogen-bond donors (Lipinski definition) is 0. The van der Waals surface area contributed by atoms with Gasteiger partial charge in [0, 0.05) is 12.1 Å². The summed E-state index contributed by atoms with van der Waals surface area (Å²) in [5.41, 5.74) is 0.0338. The van der Waals surface area contributed by atoms with Gasteiger partial charge in [-0.3, -0.25) is 29.8 Å². The van der Waals surface area contributed by atoms with Crippen LogP contribution in [0.15, 0.2) is 41.4 Å². The number of ether oxygens (including phenoxy) is 1. The van der Waals surface area contributed by atoms with E-state index in [0.29, 0.717) is 5.52 Å². The Morgan fingerprint density at radius 2 is 1.77 bits per heavy atom. The molecule has 0 aliphatic rings. The van der Waals surface area contributed by atoms with Gasteiger partial charge >= 0.3 is 5.97 Å². The Bertz CT molecular complexity index is 1260. The largest absolute Gasteiger partial charge is 0.465 e. The Hall–Kier alpha value is -3.93. The van der Waals surface area contributed by atoms with Gasteiger partial charge < -0.3 is 9.30 Å². The summed E-state index contributed by atoms with van der Waals surface area (Å²) in [6.45, 7) is 3.50. The van der Waals surface area contributed by atoms with Crippen molar-refractivity contribution in [1.82, 2.24) is 4.57 Å². The number of hydrogen-bond acceptors (Lipinski definition) is 8. The van der Waals surface area contributed by atoms with Crippen LogP contribution in [0.1, 0.15) is 22.8 Å². The minimum absolute atomic E-state index is 0.163. The first-order chi connectivity index (χ1) is 14.7. The van der Waals surface area contributed by atoms with Gasteiger partial charge in [0.15, 0.2) is 4.80 Å². The summed E-state index contributed by atoms with van der Waals surface area (Å²) in [4.78, 5) is 49.6. The predicted molar refractivity (Wildman–Crippen MR) is 111 cm³/mol. The second kappa shape index (κ2) is 8.83.